The number of hydrogen-bond acceptors (Lipinski definition) is 5. The van der Waals surface area contributed by atoms with Crippen LogP contribution in [0.4, 0.5) is 8.78 Å². The average Bonchev–Trinajstić information content (AvgIpc) is 2.73. The van der Waals surface area contributed by atoms with Gasteiger partial charge in [0.25, 0.3) is 5.56 Å². The van der Waals surface area contributed by atoms with E-state index in [1.165, 1.54) is 24.9 Å². The highest BCUT2D eigenvalue weighted by molar-refractivity contribution is 6.30. The van der Waals surface area contributed by atoms with Crippen molar-refractivity contribution in [3.05, 3.63) is 80.7 Å². The minimum atomic E-state index is -1.65. The van der Waals surface area contributed by atoms with Gasteiger partial charge in [-0.3, -0.25) is 9.36 Å². The molecule has 0 saturated carbocycles. The van der Waals surface area contributed by atoms with Crippen LogP contribution in [0.5, 0.6) is 17.2 Å². The normalized spacial score (nSPS) is 11.6. The molecule has 3 rings (SSSR count). The largest absolute Gasteiger partial charge is 0.497 e. The Morgan fingerprint density at radius 1 is 1.30 bits per heavy atom. The van der Waals surface area contributed by atoms with Gasteiger partial charge >= 0.3 is 0 Å². The Labute approximate surface area is 175 Å². The highest BCUT2D eigenvalue weighted by atomic mass is 35.5. The highest BCUT2D eigenvalue weighted by Gasteiger charge is 2.22. The first-order valence-electron chi connectivity index (χ1n) is 8.77. The standard InChI is InChI=1S/C21H16ClF2N3O3/c1-12(23)19-20(30-17-8-15(22)7-14(9-25)18(17)24)21(28)27(11-26-19)10-13-3-5-16(29-2)6-4-13/h3-8,11-12H,10H2,1-2H3. The molecule has 0 radical (unpaired) electrons. The minimum Gasteiger partial charge on any atom is -0.497 e. The lowest BCUT2D eigenvalue weighted by molar-refractivity contribution is 0.341. The van der Waals surface area contributed by atoms with E-state index < -0.39 is 29.0 Å². The van der Waals surface area contributed by atoms with E-state index in [-0.39, 0.29) is 22.8 Å². The first-order valence-corrected chi connectivity index (χ1v) is 9.15. The molecule has 0 aliphatic heterocycles. The summed E-state index contributed by atoms with van der Waals surface area (Å²) in [6.07, 6.45) is -0.458. The van der Waals surface area contributed by atoms with E-state index in [0.717, 1.165) is 17.7 Å². The van der Waals surface area contributed by atoms with Crippen molar-refractivity contribution in [2.45, 2.75) is 19.6 Å². The molecule has 9 heteroatoms. The second-order valence-corrected chi connectivity index (χ2v) is 6.77. The van der Waals surface area contributed by atoms with Crippen LogP contribution in [0.3, 0.4) is 0 Å². The second-order valence-electron chi connectivity index (χ2n) is 6.34. The monoisotopic (exact) mass is 431 g/mol. The molecular formula is C21H16ClF2N3O3. The van der Waals surface area contributed by atoms with Crippen LogP contribution in [0.2, 0.25) is 5.02 Å². The maximum absolute atomic E-state index is 14.5. The van der Waals surface area contributed by atoms with Crippen LogP contribution in [-0.2, 0) is 6.54 Å². The first-order chi connectivity index (χ1) is 14.3. The second kappa shape index (κ2) is 8.93. The van der Waals surface area contributed by atoms with Crippen molar-refractivity contribution in [2.24, 2.45) is 0 Å². The molecule has 6 nitrogen and oxygen atoms in total. The molecule has 0 fully saturated rings. The van der Waals surface area contributed by atoms with E-state index in [1.807, 2.05) is 0 Å². The zero-order chi connectivity index (χ0) is 21.8. The van der Waals surface area contributed by atoms with Gasteiger partial charge in [-0.25, -0.2) is 13.8 Å². The molecule has 1 heterocycles. The van der Waals surface area contributed by atoms with Gasteiger partial charge in [0.05, 0.1) is 25.5 Å². The number of nitrogens with zero attached hydrogens (tertiary/aromatic N) is 3. The smallest absolute Gasteiger partial charge is 0.297 e. The van der Waals surface area contributed by atoms with Crippen LogP contribution in [0.25, 0.3) is 0 Å². The van der Waals surface area contributed by atoms with Gasteiger partial charge in [0, 0.05) is 11.1 Å². The van der Waals surface area contributed by atoms with E-state index in [2.05, 4.69) is 4.98 Å². The lowest BCUT2D eigenvalue weighted by Crippen LogP contribution is -2.24. The van der Waals surface area contributed by atoms with Crippen LogP contribution in [0, 0.1) is 17.1 Å². The lowest BCUT2D eigenvalue weighted by atomic mass is 10.2. The summed E-state index contributed by atoms with van der Waals surface area (Å²) < 4.78 is 40.3. The van der Waals surface area contributed by atoms with Gasteiger partial charge < -0.3 is 9.47 Å². The number of aromatic nitrogens is 2. The Kier molecular flexibility index (Phi) is 6.33. The predicted molar refractivity (Wildman–Crippen MR) is 106 cm³/mol. The number of ether oxygens (including phenoxy) is 2. The van der Waals surface area contributed by atoms with Crippen molar-refractivity contribution >= 4 is 11.6 Å². The summed E-state index contributed by atoms with van der Waals surface area (Å²) in [6.45, 7) is 1.30. The third-order valence-corrected chi connectivity index (χ3v) is 4.47. The van der Waals surface area contributed by atoms with Gasteiger partial charge in [-0.15, -0.1) is 0 Å². The molecule has 1 atom stereocenters. The molecule has 0 aliphatic rings. The Morgan fingerprint density at radius 2 is 2.00 bits per heavy atom. The summed E-state index contributed by atoms with van der Waals surface area (Å²) >= 11 is 5.89. The van der Waals surface area contributed by atoms with Crippen molar-refractivity contribution in [1.82, 2.24) is 9.55 Å². The van der Waals surface area contributed by atoms with Crippen LogP contribution >= 0.6 is 11.6 Å². The first kappa shape index (κ1) is 21.3. The third-order valence-electron chi connectivity index (χ3n) is 4.25. The summed E-state index contributed by atoms with van der Waals surface area (Å²) in [6, 6.07) is 10.8. The zero-order valence-corrected chi connectivity index (χ0v) is 16.8. The molecule has 1 aromatic heterocycles. The molecule has 0 bridgehead atoms. The molecule has 0 spiro atoms. The summed E-state index contributed by atoms with van der Waals surface area (Å²) in [5, 5.41) is 9.05. The van der Waals surface area contributed by atoms with Crippen LogP contribution in [-0.4, -0.2) is 16.7 Å². The zero-order valence-electron chi connectivity index (χ0n) is 16.0. The average molecular weight is 432 g/mol. The summed E-state index contributed by atoms with van der Waals surface area (Å²) in [5.74, 6) is -1.31. The topological polar surface area (TPSA) is 77.1 Å². The molecule has 0 saturated heterocycles. The van der Waals surface area contributed by atoms with Crippen molar-refractivity contribution in [3.8, 4) is 23.3 Å². The number of halogens is 3. The molecule has 0 amide bonds. The minimum absolute atomic E-state index is 0.0280. The number of hydrogen-bond donors (Lipinski definition) is 0. The Balaban J connectivity index is 2.05. The number of alkyl halides is 1. The van der Waals surface area contributed by atoms with E-state index in [0.29, 0.717) is 5.75 Å². The highest BCUT2D eigenvalue weighted by Crippen LogP contribution is 2.32. The van der Waals surface area contributed by atoms with Gasteiger partial charge in [0.1, 0.15) is 23.7 Å². The Bertz CT molecular complexity index is 1170. The van der Waals surface area contributed by atoms with Gasteiger partial charge in [-0.1, -0.05) is 23.7 Å². The molecule has 2 aromatic carbocycles. The van der Waals surface area contributed by atoms with Gasteiger partial charge in [-0.2, -0.15) is 5.26 Å². The van der Waals surface area contributed by atoms with Crippen molar-refractivity contribution < 1.29 is 18.3 Å². The third kappa shape index (κ3) is 4.42. The molecule has 30 heavy (non-hydrogen) atoms. The van der Waals surface area contributed by atoms with Gasteiger partial charge in [-0.05, 0) is 30.7 Å². The SMILES string of the molecule is COc1ccc(Cn2cnc(C(C)F)c(Oc3cc(Cl)cc(C#N)c3F)c2=O)cc1. The fourth-order valence-electron chi connectivity index (χ4n) is 2.73. The van der Waals surface area contributed by atoms with Crippen molar-refractivity contribution in [2.75, 3.05) is 7.11 Å². The maximum atomic E-state index is 14.5. The molecule has 154 valence electrons. The molecular weight excluding hydrogens is 416 g/mol. The predicted octanol–water partition coefficient (Wildman–Crippen LogP) is 4.79. The summed E-state index contributed by atoms with van der Waals surface area (Å²) in [7, 11) is 1.54. The van der Waals surface area contributed by atoms with E-state index in [4.69, 9.17) is 26.3 Å². The van der Waals surface area contributed by atoms with Gasteiger partial charge in [0.2, 0.25) is 5.75 Å². The number of methoxy groups -OCH3 is 1. The number of rotatable bonds is 6. The summed E-state index contributed by atoms with van der Waals surface area (Å²) in [4.78, 5) is 16.9. The summed E-state index contributed by atoms with van der Waals surface area (Å²) in [5.41, 5.74) is -0.607. The van der Waals surface area contributed by atoms with E-state index in [1.54, 1.807) is 30.3 Å². The molecule has 3 aromatic rings. The van der Waals surface area contributed by atoms with Crippen molar-refractivity contribution in [1.29, 1.82) is 5.26 Å². The lowest BCUT2D eigenvalue weighted by Gasteiger charge is -2.14. The maximum Gasteiger partial charge on any atom is 0.297 e. The van der Waals surface area contributed by atoms with Crippen LogP contribution < -0.4 is 15.0 Å². The fourth-order valence-corrected chi connectivity index (χ4v) is 2.94. The van der Waals surface area contributed by atoms with Gasteiger partial charge in [0.15, 0.2) is 11.6 Å². The number of benzene rings is 2. The number of nitriles is 1. The van der Waals surface area contributed by atoms with Crippen molar-refractivity contribution in [3.63, 3.8) is 0 Å². The Hall–Kier alpha value is -3.44. The molecule has 1 unspecified atom stereocenters. The van der Waals surface area contributed by atoms with Crippen LogP contribution in [0.15, 0.2) is 47.5 Å². The quantitative estimate of drug-likeness (QED) is 0.561. The Morgan fingerprint density at radius 3 is 2.60 bits per heavy atom. The van der Waals surface area contributed by atoms with E-state index >= 15 is 0 Å². The molecule has 0 N–H and O–H groups in total. The fraction of sp³-hybridized carbons (Fsp3) is 0.190. The van der Waals surface area contributed by atoms with E-state index in [9.17, 15) is 13.6 Å². The van der Waals surface area contributed by atoms with Crippen LogP contribution in [0.1, 0.15) is 29.9 Å². The molecule has 0 aliphatic carbocycles.